The van der Waals surface area contributed by atoms with Crippen molar-refractivity contribution < 1.29 is 22.4 Å². The van der Waals surface area contributed by atoms with Crippen molar-refractivity contribution in [2.45, 2.75) is 11.4 Å². The molecule has 2 heterocycles. The fourth-order valence-corrected chi connectivity index (χ4v) is 5.84. The van der Waals surface area contributed by atoms with E-state index in [1.807, 2.05) is 0 Å². The van der Waals surface area contributed by atoms with Crippen LogP contribution in [0.4, 0.5) is 5.82 Å². The van der Waals surface area contributed by atoms with Crippen molar-refractivity contribution in [2.24, 2.45) is 0 Å². The van der Waals surface area contributed by atoms with Crippen LogP contribution in [0, 0.1) is 0 Å². The molecule has 0 aliphatic carbocycles. The number of fused-ring (bicyclic) bond motifs is 1. The second kappa shape index (κ2) is 10.6. The molecule has 0 aliphatic heterocycles. The number of methoxy groups -OCH3 is 2. The molecular formula is C26H20BrClN4O5S. The first kappa shape index (κ1) is 26.0. The lowest BCUT2D eigenvalue weighted by atomic mass is 10.1. The van der Waals surface area contributed by atoms with Gasteiger partial charge in [0.1, 0.15) is 24.1 Å². The number of aromatic nitrogens is 3. The number of hydrogen-bond donors (Lipinski definition) is 0. The molecule has 0 saturated heterocycles. The van der Waals surface area contributed by atoms with Crippen molar-refractivity contribution in [1.29, 1.82) is 0 Å². The van der Waals surface area contributed by atoms with E-state index in [1.54, 1.807) is 56.7 Å². The number of benzene rings is 3. The molecule has 0 atom stereocenters. The Hall–Kier alpha value is -3.67. The molecule has 0 unspecified atom stereocenters. The monoisotopic (exact) mass is 614 g/mol. The van der Waals surface area contributed by atoms with Gasteiger partial charge in [0.05, 0.1) is 41.9 Å². The number of anilines is 1. The molecule has 0 bridgehead atoms. The third-order valence-corrected chi connectivity index (χ3v) is 8.80. The number of hydrogen-bond acceptors (Lipinski definition) is 8. The third kappa shape index (κ3) is 4.92. The van der Waals surface area contributed by atoms with Crippen LogP contribution in [0.3, 0.4) is 0 Å². The highest BCUT2D eigenvalue weighted by atomic mass is 79.9. The Morgan fingerprint density at radius 2 is 1.79 bits per heavy atom. The maximum Gasteiger partial charge on any atom is 0.265 e. The Labute approximate surface area is 232 Å². The zero-order valence-corrected chi connectivity index (χ0v) is 23.3. The summed E-state index contributed by atoms with van der Waals surface area (Å²) in [7, 11) is -0.948. The molecule has 0 N–H and O–H groups in total. The second-order valence-electron chi connectivity index (χ2n) is 8.09. The van der Waals surface area contributed by atoms with Gasteiger partial charge in [-0.1, -0.05) is 28.9 Å². The van der Waals surface area contributed by atoms with E-state index in [1.165, 1.54) is 35.1 Å². The fourth-order valence-electron chi connectivity index (χ4n) is 3.94. The van der Waals surface area contributed by atoms with Gasteiger partial charge in [0, 0.05) is 21.5 Å². The molecule has 12 heteroatoms. The normalized spacial score (nSPS) is 11.5. The molecule has 3 aromatic carbocycles. The van der Waals surface area contributed by atoms with Crippen molar-refractivity contribution in [3.8, 4) is 22.8 Å². The Balaban J connectivity index is 1.58. The first-order valence-corrected chi connectivity index (χ1v) is 13.8. The number of halogens is 2. The van der Waals surface area contributed by atoms with Gasteiger partial charge in [0.15, 0.2) is 5.82 Å². The minimum Gasteiger partial charge on any atom is -0.497 e. The van der Waals surface area contributed by atoms with Crippen molar-refractivity contribution in [1.82, 2.24) is 15.1 Å². The fraction of sp³-hybridized carbons (Fsp3) is 0.115. The highest BCUT2D eigenvalue weighted by Crippen LogP contribution is 2.39. The van der Waals surface area contributed by atoms with Gasteiger partial charge >= 0.3 is 0 Å². The highest BCUT2D eigenvalue weighted by Gasteiger charge is 2.28. The predicted octanol–water partition coefficient (Wildman–Crippen LogP) is 6.11. The molecule has 9 nitrogen and oxygen atoms in total. The van der Waals surface area contributed by atoms with Gasteiger partial charge in [-0.3, -0.25) is 0 Å². The van der Waals surface area contributed by atoms with Crippen LogP contribution in [0.1, 0.15) is 5.56 Å². The summed E-state index contributed by atoms with van der Waals surface area (Å²) in [6.45, 7) is 0.0283. The Morgan fingerprint density at radius 3 is 2.47 bits per heavy atom. The minimum atomic E-state index is -4.06. The summed E-state index contributed by atoms with van der Waals surface area (Å²) < 4.78 is 45.3. The lowest BCUT2D eigenvalue weighted by Crippen LogP contribution is -2.30. The SMILES string of the molecule is COc1ccc(CN(c2ccon2)S(=O)(=O)c2ccc3c(-c4cc(Cl)c(Br)cc4OC)ncnc3c2)cc1. The molecule has 194 valence electrons. The molecule has 0 fully saturated rings. The predicted molar refractivity (Wildman–Crippen MR) is 147 cm³/mol. The number of rotatable bonds is 8. The van der Waals surface area contributed by atoms with Gasteiger partial charge < -0.3 is 14.0 Å². The van der Waals surface area contributed by atoms with E-state index in [0.29, 0.717) is 43.2 Å². The summed E-state index contributed by atoms with van der Waals surface area (Å²) in [6.07, 6.45) is 2.69. The van der Waals surface area contributed by atoms with Crippen LogP contribution in [0.2, 0.25) is 5.02 Å². The Morgan fingerprint density at radius 1 is 1.00 bits per heavy atom. The minimum absolute atomic E-state index is 0.0283. The van der Waals surface area contributed by atoms with Crippen LogP contribution in [-0.4, -0.2) is 37.8 Å². The second-order valence-corrected chi connectivity index (χ2v) is 11.2. The van der Waals surface area contributed by atoms with Crippen LogP contribution >= 0.6 is 27.5 Å². The van der Waals surface area contributed by atoms with Crippen LogP contribution in [0.15, 0.2) is 87.1 Å². The first-order chi connectivity index (χ1) is 18.3. The molecule has 0 amide bonds. The summed E-state index contributed by atoms with van der Waals surface area (Å²) in [5, 5.41) is 4.99. The zero-order valence-electron chi connectivity index (χ0n) is 20.1. The summed E-state index contributed by atoms with van der Waals surface area (Å²) in [5.41, 5.74) is 2.37. The maximum atomic E-state index is 13.9. The van der Waals surface area contributed by atoms with Gasteiger partial charge in [-0.15, -0.1) is 0 Å². The van der Waals surface area contributed by atoms with Crippen molar-refractivity contribution in [3.05, 3.63) is 88.3 Å². The van der Waals surface area contributed by atoms with E-state index >= 15 is 0 Å². The van der Waals surface area contributed by atoms with E-state index in [9.17, 15) is 8.42 Å². The van der Waals surface area contributed by atoms with E-state index in [0.717, 1.165) is 5.56 Å². The average molecular weight is 616 g/mol. The van der Waals surface area contributed by atoms with Gasteiger partial charge in [0.25, 0.3) is 10.0 Å². The van der Waals surface area contributed by atoms with E-state index < -0.39 is 10.0 Å². The quantitative estimate of drug-likeness (QED) is 0.206. The standard InChI is InChI=1S/C26H20BrClN4O5S/c1-35-17-5-3-16(4-6-17)14-32(25-9-10-37-31-25)38(33,34)18-7-8-19-23(11-18)29-15-30-26(19)20-12-22(28)21(27)13-24(20)36-2/h3-13,15H,14H2,1-2H3. The smallest absolute Gasteiger partial charge is 0.265 e. The van der Waals surface area contributed by atoms with E-state index in [2.05, 4.69) is 31.1 Å². The molecule has 0 spiro atoms. The van der Waals surface area contributed by atoms with Crippen molar-refractivity contribution in [2.75, 3.05) is 18.5 Å². The lowest BCUT2D eigenvalue weighted by Gasteiger charge is -2.22. The third-order valence-electron chi connectivity index (χ3n) is 5.86. The van der Waals surface area contributed by atoms with Crippen LogP contribution in [0.25, 0.3) is 22.2 Å². The number of ether oxygens (including phenoxy) is 2. The summed E-state index contributed by atoms with van der Waals surface area (Å²) in [5.74, 6) is 1.37. The zero-order chi connectivity index (χ0) is 26.9. The Bertz CT molecular complexity index is 1710. The van der Waals surface area contributed by atoms with Gasteiger partial charge in [0.2, 0.25) is 0 Å². The van der Waals surface area contributed by atoms with Gasteiger partial charge in [-0.2, -0.15) is 0 Å². The summed E-state index contributed by atoms with van der Waals surface area (Å²) in [4.78, 5) is 8.81. The number of nitrogens with zero attached hydrogens (tertiary/aromatic N) is 4. The number of sulfonamides is 1. The average Bonchev–Trinajstić information content (AvgIpc) is 3.47. The van der Waals surface area contributed by atoms with Crippen LogP contribution in [-0.2, 0) is 16.6 Å². The van der Waals surface area contributed by atoms with Gasteiger partial charge in [-0.25, -0.2) is 22.7 Å². The van der Waals surface area contributed by atoms with Crippen LogP contribution in [0.5, 0.6) is 11.5 Å². The topological polar surface area (TPSA) is 108 Å². The Kier molecular flexibility index (Phi) is 7.24. The first-order valence-electron chi connectivity index (χ1n) is 11.2. The highest BCUT2D eigenvalue weighted by molar-refractivity contribution is 9.10. The van der Waals surface area contributed by atoms with E-state index in [4.69, 9.17) is 25.6 Å². The van der Waals surface area contributed by atoms with Crippen molar-refractivity contribution in [3.63, 3.8) is 0 Å². The van der Waals surface area contributed by atoms with Gasteiger partial charge in [-0.05, 0) is 64.0 Å². The molecule has 5 aromatic rings. The van der Waals surface area contributed by atoms with Crippen molar-refractivity contribution >= 4 is 54.3 Å². The largest absolute Gasteiger partial charge is 0.497 e. The molecule has 5 rings (SSSR count). The summed E-state index contributed by atoms with van der Waals surface area (Å²) in [6, 6.07) is 16.8. The molecule has 2 aromatic heterocycles. The molecule has 0 aliphatic rings. The lowest BCUT2D eigenvalue weighted by molar-refractivity contribution is 0.414. The molecule has 0 saturated carbocycles. The molecule has 0 radical (unpaired) electrons. The maximum absolute atomic E-state index is 13.9. The van der Waals surface area contributed by atoms with Crippen LogP contribution < -0.4 is 13.8 Å². The molecular weight excluding hydrogens is 596 g/mol. The molecule has 38 heavy (non-hydrogen) atoms. The summed E-state index contributed by atoms with van der Waals surface area (Å²) >= 11 is 9.75. The van der Waals surface area contributed by atoms with E-state index in [-0.39, 0.29) is 17.3 Å².